The van der Waals surface area contributed by atoms with Crippen LogP contribution in [0.3, 0.4) is 0 Å². The van der Waals surface area contributed by atoms with Gasteiger partial charge in [0.2, 0.25) is 27.7 Å². The fourth-order valence-corrected chi connectivity index (χ4v) is 7.58. The minimum absolute atomic E-state index is 0.0136. The molecule has 0 unspecified atom stereocenters. The summed E-state index contributed by atoms with van der Waals surface area (Å²) >= 11 is 0. The molecule has 0 radical (unpaired) electrons. The Bertz CT molecular complexity index is 1800. The summed E-state index contributed by atoms with van der Waals surface area (Å²) < 4.78 is 44.8. The van der Waals surface area contributed by atoms with Crippen molar-refractivity contribution in [3.05, 3.63) is 43.1 Å². The molecule has 4 amide bonds. The molecule has 0 bridgehead atoms. The van der Waals surface area contributed by atoms with Crippen LogP contribution >= 0.6 is 0 Å². The summed E-state index contributed by atoms with van der Waals surface area (Å²) in [6.45, 7) is 14.1. The van der Waals surface area contributed by atoms with Crippen molar-refractivity contribution in [2.75, 3.05) is 13.7 Å². The molecule has 2 saturated carbocycles. The number of nitrogens with one attached hydrogen (secondary N) is 3. The Kier molecular flexibility index (Phi) is 9.87. The van der Waals surface area contributed by atoms with E-state index in [0.29, 0.717) is 24.0 Å². The number of carbonyl (C=O) groups is 4. The topological polar surface area (TPSA) is 182 Å². The number of aromatic nitrogens is 1. The molecule has 5 rings (SSSR count). The monoisotopic (exact) mass is 713 g/mol. The lowest BCUT2D eigenvalue weighted by Gasteiger charge is -2.36. The van der Waals surface area contributed by atoms with Gasteiger partial charge in [0, 0.05) is 29.3 Å². The SMILES string of the molecule is C=C[C@@H]1C[C@]1(NC(=O)[C@H]1C[C@@H](Oc2nccc3c(OC)cccc23)CN1C(=O)[C@@H](NC(=O)OC(C)(C)C)C(C)(C)C)C(=O)NS(=O)(=O)C1CC1. The maximum absolute atomic E-state index is 14.4. The predicted molar refractivity (Wildman–Crippen MR) is 185 cm³/mol. The summed E-state index contributed by atoms with van der Waals surface area (Å²) in [5.41, 5.74) is -3.20. The third-order valence-corrected chi connectivity index (χ3v) is 10.9. The molecule has 1 aromatic carbocycles. The van der Waals surface area contributed by atoms with Gasteiger partial charge in [-0.3, -0.25) is 19.1 Å². The fourth-order valence-electron chi connectivity index (χ4n) is 6.22. The van der Waals surface area contributed by atoms with Gasteiger partial charge in [0.15, 0.2) is 0 Å². The molecule has 3 fully saturated rings. The minimum Gasteiger partial charge on any atom is -0.496 e. The number of carbonyl (C=O) groups excluding carboxylic acids is 4. The number of hydrogen-bond donors (Lipinski definition) is 3. The minimum atomic E-state index is -3.90. The maximum Gasteiger partial charge on any atom is 0.408 e. The summed E-state index contributed by atoms with van der Waals surface area (Å²) in [6, 6.07) is 4.95. The molecule has 50 heavy (non-hydrogen) atoms. The van der Waals surface area contributed by atoms with E-state index < -0.39 is 79.7 Å². The van der Waals surface area contributed by atoms with Crippen molar-refractivity contribution in [3.63, 3.8) is 0 Å². The van der Waals surface area contributed by atoms with E-state index in [-0.39, 0.29) is 25.3 Å². The molecule has 272 valence electrons. The van der Waals surface area contributed by atoms with Crippen LogP contribution in [0.1, 0.15) is 67.2 Å². The van der Waals surface area contributed by atoms with Gasteiger partial charge in [-0.2, -0.15) is 0 Å². The molecule has 3 N–H and O–H groups in total. The van der Waals surface area contributed by atoms with E-state index in [4.69, 9.17) is 14.2 Å². The lowest BCUT2D eigenvalue weighted by atomic mass is 9.85. The Morgan fingerprint density at radius 1 is 1.08 bits per heavy atom. The van der Waals surface area contributed by atoms with E-state index in [1.807, 2.05) is 12.1 Å². The highest BCUT2D eigenvalue weighted by Gasteiger charge is 2.62. The second-order valence-corrected chi connectivity index (χ2v) is 17.2. The number of rotatable bonds is 11. The van der Waals surface area contributed by atoms with Crippen LogP contribution in [-0.4, -0.2) is 90.3 Å². The first kappa shape index (κ1) is 36.9. The quantitative estimate of drug-likeness (QED) is 0.293. The smallest absolute Gasteiger partial charge is 0.408 e. The summed E-state index contributed by atoms with van der Waals surface area (Å²) in [5, 5.41) is 6.25. The van der Waals surface area contributed by atoms with Gasteiger partial charge in [-0.15, -0.1) is 6.58 Å². The van der Waals surface area contributed by atoms with Crippen LogP contribution in [0.4, 0.5) is 4.79 Å². The summed E-state index contributed by atoms with van der Waals surface area (Å²) in [7, 11) is -2.34. The highest BCUT2D eigenvalue weighted by molar-refractivity contribution is 7.91. The summed E-state index contributed by atoms with van der Waals surface area (Å²) in [6.07, 6.45) is 2.61. The van der Waals surface area contributed by atoms with Crippen molar-refractivity contribution in [2.24, 2.45) is 11.3 Å². The standard InChI is InChI=1S/C35H47N5O9S/c1-9-20-18-35(20,31(43)39-50(45,46)22-13-14-22)38-28(41)25-17-21(48-29-24-11-10-12-26(47-8)23(24)15-16-36-29)19-40(25)30(42)27(33(2,3)4)37-32(44)49-34(5,6)7/h9-12,15-16,20-22,25,27H,1,13-14,17-19H2,2-8H3,(H,37,44)(H,38,41)(H,39,43)/t20-,21-,25-,27-,35-/m1/s1. The maximum atomic E-state index is 14.4. The summed E-state index contributed by atoms with van der Waals surface area (Å²) in [5.74, 6) is -1.72. The molecule has 5 atom stereocenters. The highest BCUT2D eigenvalue weighted by atomic mass is 32.2. The number of alkyl carbamates (subject to hydrolysis) is 1. The molecule has 0 spiro atoms. The van der Waals surface area contributed by atoms with Crippen LogP contribution in [0.25, 0.3) is 10.8 Å². The third-order valence-electron chi connectivity index (χ3n) is 9.10. The van der Waals surface area contributed by atoms with E-state index in [1.54, 1.807) is 67.0 Å². The lowest BCUT2D eigenvalue weighted by Crippen LogP contribution is -2.60. The lowest BCUT2D eigenvalue weighted by molar-refractivity contribution is -0.143. The molecule has 3 aliphatic rings. The van der Waals surface area contributed by atoms with E-state index in [9.17, 15) is 27.6 Å². The van der Waals surface area contributed by atoms with E-state index in [0.717, 1.165) is 5.39 Å². The van der Waals surface area contributed by atoms with Gasteiger partial charge in [-0.25, -0.2) is 18.2 Å². The summed E-state index contributed by atoms with van der Waals surface area (Å²) in [4.78, 5) is 60.7. The molecule has 2 aromatic rings. The van der Waals surface area contributed by atoms with Gasteiger partial charge in [0.25, 0.3) is 5.91 Å². The van der Waals surface area contributed by atoms with Crippen LogP contribution in [-0.2, 0) is 29.1 Å². The van der Waals surface area contributed by atoms with Gasteiger partial charge in [-0.1, -0.05) is 32.9 Å². The van der Waals surface area contributed by atoms with E-state index >= 15 is 0 Å². The van der Waals surface area contributed by atoms with Crippen LogP contribution in [0, 0.1) is 11.3 Å². The Morgan fingerprint density at radius 2 is 1.78 bits per heavy atom. The average Bonchev–Trinajstić information content (AvgIpc) is 3.95. The number of methoxy groups -OCH3 is 1. The Balaban J connectivity index is 1.45. The Morgan fingerprint density at radius 3 is 2.36 bits per heavy atom. The number of fused-ring (bicyclic) bond motifs is 1. The van der Waals surface area contributed by atoms with Gasteiger partial charge >= 0.3 is 6.09 Å². The van der Waals surface area contributed by atoms with Gasteiger partial charge in [-0.05, 0) is 63.6 Å². The molecule has 2 aliphatic carbocycles. The number of nitrogens with zero attached hydrogens (tertiary/aromatic N) is 2. The first-order valence-corrected chi connectivity index (χ1v) is 18.2. The first-order chi connectivity index (χ1) is 23.3. The Hall–Kier alpha value is -4.40. The van der Waals surface area contributed by atoms with Crippen molar-refractivity contribution in [1.29, 1.82) is 0 Å². The molecule has 14 nitrogen and oxygen atoms in total. The largest absolute Gasteiger partial charge is 0.496 e. The number of ether oxygens (including phenoxy) is 3. The van der Waals surface area contributed by atoms with Crippen LogP contribution in [0.15, 0.2) is 43.1 Å². The highest BCUT2D eigenvalue weighted by Crippen LogP contribution is 2.45. The number of benzene rings is 1. The molecular formula is C35H47N5O9S. The zero-order valence-electron chi connectivity index (χ0n) is 29.6. The Labute approximate surface area is 292 Å². The fraction of sp³-hybridized carbons (Fsp3) is 0.571. The van der Waals surface area contributed by atoms with Crippen molar-refractivity contribution in [1.82, 2.24) is 25.2 Å². The zero-order chi connectivity index (χ0) is 36.8. The first-order valence-electron chi connectivity index (χ1n) is 16.7. The average molecular weight is 714 g/mol. The molecular weight excluding hydrogens is 666 g/mol. The molecule has 15 heteroatoms. The second-order valence-electron chi connectivity index (χ2n) is 15.3. The van der Waals surface area contributed by atoms with Gasteiger partial charge in [0.05, 0.1) is 18.9 Å². The second kappa shape index (κ2) is 13.4. The van der Waals surface area contributed by atoms with E-state index in [2.05, 4.69) is 26.9 Å². The normalized spacial score (nSPS) is 24.1. The van der Waals surface area contributed by atoms with Gasteiger partial charge in [0.1, 0.15) is 35.1 Å². The van der Waals surface area contributed by atoms with Crippen molar-refractivity contribution >= 4 is 44.6 Å². The number of amides is 4. The van der Waals surface area contributed by atoms with Crippen molar-refractivity contribution < 1.29 is 41.8 Å². The van der Waals surface area contributed by atoms with Gasteiger partial charge < -0.3 is 29.7 Å². The number of sulfonamides is 1. The number of hydrogen-bond acceptors (Lipinski definition) is 10. The van der Waals surface area contributed by atoms with Crippen LogP contribution < -0.4 is 24.8 Å². The molecule has 2 heterocycles. The molecule has 1 aliphatic heterocycles. The van der Waals surface area contributed by atoms with E-state index in [1.165, 1.54) is 11.0 Å². The molecule has 1 aromatic heterocycles. The predicted octanol–water partition coefficient (Wildman–Crippen LogP) is 3.20. The van der Waals surface area contributed by atoms with Crippen LogP contribution in [0.5, 0.6) is 11.6 Å². The van der Waals surface area contributed by atoms with Crippen molar-refractivity contribution in [2.45, 2.75) is 102 Å². The number of pyridine rings is 1. The number of likely N-dealkylation sites (tertiary alicyclic amines) is 1. The van der Waals surface area contributed by atoms with Crippen molar-refractivity contribution in [3.8, 4) is 11.6 Å². The zero-order valence-corrected chi connectivity index (χ0v) is 30.4. The third kappa shape index (κ3) is 7.82. The van der Waals surface area contributed by atoms with Crippen LogP contribution in [0.2, 0.25) is 0 Å². The molecule has 1 saturated heterocycles.